The molecule has 1 amide bonds. The van der Waals surface area contributed by atoms with E-state index in [1.165, 1.54) is 4.90 Å². The average Bonchev–Trinajstić information content (AvgIpc) is 2.54. The van der Waals surface area contributed by atoms with Crippen LogP contribution in [0.3, 0.4) is 0 Å². The molecular formula is C15H13NO6. The highest BCUT2D eigenvalue weighted by Crippen LogP contribution is 2.15. The minimum atomic E-state index is -1.13. The smallest absolute Gasteiger partial charge is 0.334 e. The average molecular weight is 303 g/mol. The van der Waals surface area contributed by atoms with Gasteiger partial charge < -0.3 is 19.2 Å². The van der Waals surface area contributed by atoms with Gasteiger partial charge in [0.05, 0.1) is 18.5 Å². The second kappa shape index (κ2) is 5.61. The number of benzene rings is 1. The SMILES string of the molecule is O=C(O)[C@@H]1CN(C(=O)c2cc(=O)c3ccccc3o2)CCO1. The third-order valence-electron chi connectivity index (χ3n) is 3.47. The molecule has 1 aromatic heterocycles. The first-order valence-corrected chi connectivity index (χ1v) is 6.73. The van der Waals surface area contributed by atoms with E-state index in [1.807, 2.05) is 0 Å². The number of morpholine rings is 1. The van der Waals surface area contributed by atoms with Gasteiger partial charge in [-0.3, -0.25) is 9.59 Å². The molecule has 1 N–H and O–H groups in total. The second-order valence-electron chi connectivity index (χ2n) is 4.92. The van der Waals surface area contributed by atoms with Crippen LogP contribution in [-0.4, -0.2) is 47.7 Å². The molecule has 2 heterocycles. The number of nitrogens with zero attached hydrogens (tertiary/aromatic N) is 1. The number of ether oxygens (including phenoxy) is 1. The molecule has 0 saturated carbocycles. The lowest BCUT2D eigenvalue weighted by atomic mass is 10.2. The Morgan fingerprint density at radius 3 is 2.82 bits per heavy atom. The molecule has 7 nitrogen and oxygen atoms in total. The molecule has 1 aliphatic heterocycles. The summed E-state index contributed by atoms with van der Waals surface area (Å²) in [5.41, 5.74) is 0.00892. The Labute approximate surface area is 124 Å². The van der Waals surface area contributed by atoms with Gasteiger partial charge in [0.2, 0.25) is 0 Å². The lowest BCUT2D eigenvalue weighted by Gasteiger charge is -2.30. The number of hydrogen-bond acceptors (Lipinski definition) is 5. The lowest BCUT2D eigenvalue weighted by Crippen LogP contribution is -2.48. The van der Waals surface area contributed by atoms with E-state index in [9.17, 15) is 14.4 Å². The molecule has 114 valence electrons. The summed E-state index contributed by atoms with van der Waals surface area (Å²) < 4.78 is 10.5. The lowest BCUT2D eigenvalue weighted by molar-refractivity contribution is -0.154. The molecule has 1 saturated heterocycles. The maximum absolute atomic E-state index is 12.4. The third kappa shape index (κ3) is 2.58. The Morgan fingerprint density at radius 2 is 2.05 bits per heavy atom. The molecule has 1 atom stereocenters. The molecular weight excluding hydrogens is 290 g/mol. The van der Waals surface area contributed by atoms with Gasteiger partial charge in [-0.2, -0.15) is 0 Å². The van der Waals surface area contributed by atoms with Crippen molar-refractivity contribution in [2.75, 3.05) is 19.7 Å². The quantitative estimate of drug-likeness (QED) is 0.878. The first-order chi connectivity index (χ1) is 10.6. The Bertz CT molecular complexity index is 796. The van der Waals surface area contributed by atoms with Gasteiger partial charge in [0.15, 0.2) is 17.3 Å². The van der Waals surface area contributed by atoms with Crippen LogP contribution in [0.5, 0.6) is 0 Å². The second-order valence-corrected chi connectivity index (χ2v) is 4.92. The van der Waals surface area contributed by atoms with Crippen LogP contribution in [0.1, 0.15) is 10.6 Å². The maximum Gasteiger partial charge on any atom is 0.334 e. The summed E-state index contributed by atoms with van der Waals surface area (Å²) in [4.78, 5) is 36.7. The summed E-state index contributed by atoms with van der Waals surface area (Å²) in [7, 11) is 0. The summed E-state index contributed by atoms with van der Waals surface area (Å²) in [5.74, 6) is -1.75. The van der Waals surface area contributed by atoms with Gasteiger partial charge >= 0.3 is 5.97 Å². The summed E-state index contributed by atoms with van der Waals surface area (Å²) >= 11 is 0. The number of carbonyl (C=O) groups excluding carboxylic acids is 1. The predicted molar refractivity (Wildman–Crippen MR) is 75.8 cm³/mol. The van der Waals surface area contributed by atoms with Crippen molar-refractivity contribution in [1.82, 2.24) is 4.90 Å². The summed E-state index contributed by atoms with van der Waals surface area (Å²) in [5, 5.41) is 9.35. The number of aliphatic carboxylic acids is 1. The third-order valence-corrected chi connectivity index (χ3v) is 3.47. The highest BCUT2D eigenvalue weighted by Gasteiger charge is 2.30. The van der Waals surface area contributed by atoms with Gasteiger partial charge in [-0.15, -0.1) is 0 Å². The zero-order valence-electron chi connectivity index (χ0n) is 11.5. The van der Waals surface area contributed by atoms with Crippen LogP contribution in [0.4, 0.5) is 0 Å². The topological polar surface area (TPSA) is 97.1 Å². The fraction of sp³-hybridized carbons (Fsp3) is 0.267. The van der Waals surface area contributed by atoms with Crippen LogP contribution in [0.15, 0.2) is 39.5 Å². The van der Waals surface area contributed by atoms with E-state index >= 15 is 0 Å². The Hall–Kier alpha value is -2.67. The molecule has 7 heteroatoms. The summed E-state index contributed by atoms with van der Waals surface area (Å²) in [6.45, 7) is 0.296. The number of carboxylic acid groups (broad SMARTS) is 1. The molecule has 3 rings (SSSR count). The molecule has 1 aromatic carbocycles. The minimum absolute atomic E-state index is 0.0787. The van der Waals surface area contributed by atoms with Crippen LogP contribution < -0.4 is 5.43 Å². The van der Waals surface area contributed by atoms with Crippen LogP contribution in [0.25, 0.3) is 11.0 Å². The normalized spacial score (nSPS) is 18.4. The number of amides is 1. The zero-order chi connectivity index (χ0) is 15.7. The van der Waals surface area contributed by atoms with Crippen molar-refractivity contribution in [1.29, 1.82) is 0 Å². The maximum atomic E-state index is 12.4. The molecule has 0 unspecified atom stereocenters. The summed E-state index contributed by atoms with van der Waals surface area (Å²) in [6.07, 6.45) is -1.06. The number of fused-ring (bicyclic) bond motifs is 1. The Kier molecular flexibility index (Phi) is 3.64. The van der Waals surface area contributed by atoms with Crippen molar-refractivity contribution in [3.63, 3.8) is 0 Å². The van der Waals surface area contributed by atoms with E-state index in [0.29, 0.717) is 11.0 Å². The molecule has 0 aliphatic carbocycles. The first-order valence-electron chi connectivity index (χ1n) is 6.73. The fourth-order valence-electron chi connectivity index (χ4n) is 2.35. The van der Waals surface area contributed by atoms with E-state index in [4.69, 9.17) is 14.3 Å². The van der Waals surface area contributed by atoms with E-state index in [1.54, 1.807) is 24.3 Å². The largest absolute Gasteiger partial charge is 0.479 e. The standard InChI is InChI=1S/C15H13NO6/c17-10-7-12(22-11-4-2-1-3-9(10)11)14(18)16-5-6-21-13(8-16)15(19)20/h1-4,7,13H,5-6,8H2,(H,19,20)/t13-/m0/s1. The van der Waals surface area contributed by atoms with Crippen molar-refractivity contribution in [3.05, 3.63) is 46.3 Å². The van der Waals surface area contributed by atoms with Gasteiger partial charge in [-0.1, -0.05) is 12.1 Å². The number of hydrogen-bond donors (Lipinski definition) is 1. The van der Waals surface area contributed by atoms with Crippen molar-refractivity contribution in [2.45, 2.75) is 6.10 Å². The Morgan fingerprint density at radius 1 is 1.27 bits per heavy atom. The van der Waals surface area contributed by atoms with Crippen molar-refractivity contribution >= 4 is 22.8 Å². The zero-order valence-corrected chi connectivity index (χ0v) is 11.5. The molecule has 1 fully saturated rings. The number of carbonyl (C=O) groups is 2. The van der Waals surface area contributed by atoms with Crippen LogP contribution in [0.2, 0.25) is 0 Å². The van der Waals surface area contributed by atoms with E-state index in [-0.39, 0.29) is 30.9 Å². The highest BCUT2D eigenvalue weighted by molar-refractivity contribution is 5.93. The van der Waals surface area contributed by atoms with Crippen LogP contribution in [0, 0.1) is 0 Å². The van der Waals surface area contributed by atoms with Crippen molar-refractivity contribution < 1.29 is 23.8 Å². The first kappa shape index (κ1) is 14.3. The minimum Gasteiger partial charge on any atom is -0.479 e. The van der Waals surface area contributed by atoms with E-state index < -0.39 is 18.0 Å². The number of para-hydroxylation sites is 1. The predicted octanol–water partition coefficient (Wildman–Crippen LogP) is 0.719. The van der Waals surface area contributed by atoms with Crippen LogP contribution in [-0.2, 0) is 9.53 Å². The molecule has 0 radical (unpaired) electrons. The number of carboxylic acids is 1. The molecule has 0 spiro atoms. The molecule has 22 heavy (non-hydrogen) atoms. The van der Waals surface area contributed by atoms with Gasteiger partial charge in [-0.05, 0) is 12.1 Å². The van der Waals surface area contributed by atoms with Gasteiger partial charge in [-0.25, -0.2) is 4.79 Å². The van der Waals surface area contributed by atoms with Gasteiger partial charge in [0.25, 0.3) is 5.91 Å². The van der Waals surface area contributed by atoms with Gasteiger partial charge in [0, 0.05) is 12.6 Å². The van der Waals surface area contributed by atoms with E-state index in [0.717, 1.165) is 6.07 Å². The van der Waals surface area contributed by atoms with Gasteiger partial charge in [0.1, 0.15) is 5.58 Å². The monoisotopic (exact) mass is 303 g/mol. The van der Waals surface area contributed by atoms with Crippen molar-refractivity contribution in [3.8, 4) is 0 Å². The summed E-state index contributed by atoms with van der Waals surface area (Å²) in [6, 6.07) is 7.77. The molecule has 2 aromatic rings. The highest BCUT2D eigenvalue weighted by atomic mass is 16.5. The van der Waals surface area contributed by atoms with Crippen molar-refractivity contribution in [2.24, 2.45) is 0 Å². The van der Waals surface area contributed by atoms with Crippen LogP contribution >= 0.6 is 0 Å². The Balaban J connectivity index is 1.92. The van der Waals surface area contributed by atoms with E-state index in [2.05, 4.69) is 0 Å². The molecule has 1 aliphatic rings. The fourth-order valence-corrected chi connectivity index (χ4v) is 2.35. The number of rotatable bonds is 2. The molecule has 0 bridgehead atoms.